The summed E-state index contributed by atoms with van der Waals surface area (Å²) in [5.41, 5.74) is 1.43. The molecule has 0 heterocycles. The third kappa shape index (κ3) is 6.63. The number of benzene rings is 3. The maximum Gasteiger partial charge on any atom is 0.201 e. The Morgan fingerprint density at radius 2 is 1.20 bits per heavy atom. The highest BCUT2D eigenvalue weighted by Gasteiger charge is 2.29. The topological polar surface area (TPSA) is 27.7 Å². The molecule has 0 radical (unpaired) electrons. The van der Waals surface area contributed by atoms with Gasteiger partial charge in [-0.2, -0.15) is 8.78 Å². The van der Waals surface area contributed by atoms with Gasteiger partial charge in [0.1, 0.15) is 0 Å². The molecule has 0 aromatic heterocycles. The summed E-state index contributed by atoms with van der Waals surface area (Å²) in [5, 5.41) is 0. The molecule has 5 rings (SSSR count). The van der Waals surface area contributed by atoms with Crippen LogP contribution in [0.25, 0.3) is 5.57 Å². The molecule has 3 aromatic rings. The number of hydrogen-bond donors (Lipinski definition) is 0. The number of hydrogen-bond acceptors (Lipinski definition) is 3. The van der Waals surface area contributed by atoms with Gasteiger partial charge in [-0.15, -0.1) is 0 Å². The maximum atomic E-state index is 15.2. The van der Waals surface area contributed by atoms with E-state index in [-0.39, 0.29) is 65.9 Å². The molecule has 3 aromatic carbocycles. The summed E-state index contributed by atoms with van der Waals surface area (Å²) in [5.74, 6) is -6.49. The van der Waals surface area contributed by atoms with E-state index < -0.39 is 34.9 Å². The van der Waals surface area contributed by atoms with Crippen molar-refractivity contribution in [1.82, 2.24) is 0 Å². The first-order valence-corrected chi connectivity index (χ1v) is 15.2. The summed E-state index contributed by atoms with van der Waals surface area (Å²) in [6.07, 6.45) is 5.06. The van der Waals surface area contributed by atoms with Gasteiger partial charge in [0.25, 0.3) is 0 Å². The van der Waals surface area contributed by atoms with E-state index in [0.717, 1.165) is 0 Å². The Morgan fingerprint density at radius 1 is 0.614 bits per heavy atom. The summed E-state index contributed by atoms with van der Waals surface area (Å²) in [4.78, 5) is 0. The maximum absolute atomic E-state index is 15.2. The predicted molar refractivity (Wildman–Crippen MR) is 156 cm³/mol. The van der Waals surface area contributed by atoms with Crippen molar-refractivity contribution in [2.75, 3.05) is 13.2 Å². The molecule has 2 aliphatic carbocycles. The van der Waals surface area contributed by atoms with Gasteiger partial charge < -0.3 is 14.2 Å². The molecule has 0 spiro atoms. The van der Waals surface area contributed by atoms with Crippen LogP contribution in [0.1, 0.15) is 92.9 Å². The Hall–Kier alpha value is -3.46. The molecule has 0 amide bonds. The Morgan fingerprint density at radius 3 is 1.84 bits per heavy atom. The molecular weight excluding hydrogens is 582 g/mol. The van der Waals surface area contributed by atoms with Crippen molar-refractivity contribution in [2.45, 2.75) is 83.3 Å². The predicted octanol–water partition coefficient (Wildman–Crippen LogP) is 9.91. The van der Waals surface area contributed by atoms with Crippen LogP contribution in [0.4, 0.5) is 26.3 Å². The lowest BCUT2D eigenvalue weighted by atomic mass is 9.82. The van der Waals surface area contributed by atoms with Gasteiger partial charge in [-0.25, -0.2) is 17.6 Å². The third-order valence-corrected chi connectivity index (χ3v) is 8.70. The van der Waals surface area contributed by atoms with Crippen molar-refractivity contribution in [3.8, 4) is 11.5 Å². The van der Waals surface area contributed by atoms with E-state index in [0.29, 0.717) is 56.1 Å². The molecule has 1 saturated carbocycles. The first-order chi connectivity index (χ1) is 21.2. The van der Waals surface area contributed by atoms with Gasteiger partial charge in [0.15, 0.2) is 34.8 Å². The van der Waals surface area contributed by atoms with Gasteiger partial charge in [-0.1, -0.05) is 24.3 Å². The minimum atomic E-state index is -1.04. The lowest BCUT2D eigenvalue weighted by molar-refractivity contribution is 0.0116. The van der Waals surface area contributed by atoms with E-state index in [2.05, 4.69) is 0 Å². The highest BCUT2D eigenvalue weighted by molar-refractivity contribution is 5.68. The van der Waals surface area contributed by atoms with Crippen molar-refractivity contribution in [1.29, 1.82) is 0 Å². The van der Waals surface area contributed by atoms with Crippen LogP contribution in [0, 0.1) is 34.9 Å². The second-order valence-electron chi connectivity index (χ2n) is 11.3. The summed E-state index contributed by atoms with van der Waals surface area (Å²) in [6.45, 7) is 3.72. The fourth-order valence-corrected chi connectivity index (χ4v) is 6.32. The zero-order valence-electron chi connectivity index (χ0n) is 24.8. The lowest BCUT2D eigenvalue weighted by Gasteiger charge is -2.29. The smallest absolute Gasteiger partial charge is 0.201 e. The first kappa shape index (κ1) is 31.9. The molecule has 3 nitrogen and oxygen atoms in total. The van der Waals surface area contributed by atoms with E-state index in [9.17, 15) is 17.6 Å². The first-order valence-electron chi connectivity index (χ1n) is 15.2. The van der Waals surface area contributed by atoms with E-state index in [4.69, 9.17) is 14.2 Å². The Labute approximate surface area is 253 Å². The molecule has 236 valence electrons. The molecule has 0 bridgehead atoms. The summed E-state index contributed by atoms with van der Waals surface area (Å²) in [7, 11) is 0. The molecule has 1 unspecified atom stereocenters. The van der Waals surface area contributed by atoms with Crippen LogP contribution in [0.3, 0.4) is 0 Å². The highest BCUT2D eigenvalue weighted by Crippen LogP contribution is 2.40. The van der Waals surface area contributed by atoms with Crippen molar-refractivity contribution in [2.24, 2.45) is 0 Å². The molecule has 44 heavy (non-hydrogen) atoms. The van der Waals surface area contributed by atoms with Crippen LogP contribution in [-0.4, -0.2) is 19.3 Å². The van der Waals surface area contributed by atoms with E-state index in [1.54, 1.807) is 32.1 Å². The molecule has 1 atom stereocenters. The fourth-order valence-electron chi connectivity index (χ4n) is 6.32. The summed E-state index contributed by atoms with van der Waals surface area (Å²) >= 11 is 0. The van der Waals surface area contributed by atoms with Gasteiger partial charge in [-0.05, 0) is 106 Å². The second-order valence-corrected chi connectivity index (χ2v) is 11.3. The summed E-state index contributed by atoms with van der Waals surface area (Å²) in [6, 6.07) is 8.99. The van der Waals surface area contributed by atoms with E-state index in [1.165, 1.54) is 24.3 Å². The molecule has 2 aliphatic rings. The van der Waals surface area contributed by atoms with Gasteiger partial charge >= 0.3 is 0 Å². The third-order valence-electron chi connectivity index (χ3n) is 8.70. The van der Waals surface area contributed by atoms with Crippen LogP contribution in [0.15, 0.2) is 42.5 Å². The van der Waals surface area contributed by atoms with Crippen molar-refractivity contribution >= 4 is 5.57 Å². The Kier molecular flexibility index (Phi) is 10.2. The fraction of sp³-hybridized carbons (Fsp3) is 0.429. The SMILES string of the molecule is CCOc1ccc(C2=CCC(c3ccc(COC4CCC(c5ccc(OCC)c(F)c5F)CC4)c(F)c3F)CC2)c(F)c1F. The second kappa shape index (κ2) is 14.1. The quantitative estimate of drug-likeness (QED) is 0.212. The number of ether oxygens (including phenoxy) is 3. The Bertz CT molecular complexity index is 1510. The van der Waals surface area contributed by atoms with Crippen LogP contribution in [0.2, 0.25) is 0 Å². The van der Waals surface area contributed by atoms with Gasteiger partial charge in [0.05, 0.1) is 25.9 Å². The molecule has 9 heteroatoms. The minimum Gasteiger partial charge on any atom is -0.491 e. The summed E-state index contributed by atoms with van der Waals surface area (Å²) < 4.78 is 104. The Balaban J connectivity index is 1.17. The normalized spacial score (nSPS) is 20.4. The molecule has 1 fully saturated rings. The number of halogens is 6. The average molecular weight is 619 g/mol. The zero-order chi connectivity index (χ0) is 31.4. The van der Waals surface area contributed by atoms with Crippen LogP contribution < -0.4 is 9.47 Å². The molecule has 0 aliphatic heterocycles. The van der Waals surface area contributed by atoms with Crippen molar-refractivity contribution in [3.63, 3.8) is 0 Å². The number of rotatable bonds is 10. The average Bonchev–Trinajstić information content (AvgIpc) is 3.03. The van der Waals surface area contributed by atoms with Gasteiger partial charge in [0, 0.05) is 11.1 Å². The van der Waals surface area contributed by atoms with Gasteiger partial charge in [0.2, 0.25) is 11.6 Å². The van der Waals surface area contributed by atoms with Gasteiger partial charge in [-0.3, -0.25) is 0 Å². The van der Waals surface area contributed by atoms with E-state index >= 15 is 8.78 Å². The highest BCUT2D eigenvalue weighted by atomic mass is 19.2. The standard InChI is InChI=1S/C35H36F6O3/c1-3-42-28-17-15-26(32(38)34(28)40)21-7-5-20(6-8-21)25-14-11-23(30(36)31(25)37)19-44-24-12-9-22(10-13-24)27-16-18-29(43-4-2)35(41)33(27)39/h7,11,14-18,20,22,24H,3-6,8-10,12-13,19H2,1-2H3. The molecule has 0 saturated heterocycles. The van der Waals surface area contributed by atoms with Crippen LogP contribution in [-0.2, 0) is 11.3 Å². The molecular formula is C35H36F6O3. The van der Waals surface area contributed by atoms with Crippen LogP contribution >= 0.6 is 0 Å². The monoisotopic (exact) mass is 618 g/mol. The lowest BCUT2D eigenvalue weighted by Crippen LogP contribution is -2.22. The minimum absolute atomic E-state index is 0.104. The van der Waals surface area contributed by atoms with E-state index in [1.807, 2.05) is 0 Å². The number of allylic oxidation sites excluding steroid dienone is 2. The molecule has 0 N–H and O–H groups in total. The van der Waals surface area contributed by atoms with Crippen molar-refractivity contribution < 1.29 is 40.6 Å². The van der Waals surface area contributed by atoms with Crippen molar-refractivity contribution in [3.05, 3.63) is 99.6 Å². The zero-order valence-corrected chi connectivity index (χ0v) is 24.8. The van der Waals surface area contributed by atoms with Crippen LogP contribution in [0.5, 0.6) is 11.5 Å². The largest absolute Gasteiger partial charge is 0.491 e.